The summed E-state index contributed by atoms with van der Waals surface area (Å²) in [5.74, 6) is -0.362. The molecule has 0 aromatic heterocycles. The lowest BCUT2D eigenvalue weighted by molar-refractivity contribution is -0.281. The minimum absolute atomic E-state index is 0.000786. The molecule has 3 aliphatic heterocycles. The van der Waals surface area contributed by atoms with E-state index in [4.69, 9.17) is 14.2 Å². The molecule has 3 aliphatic carbocycles. The van der Waals surface area contributed by atoms with Crippen LogP contribution in [-0.2, 0) is 14.2 Å². The Bertz CT molecular complexity index is 876. The predicted octanol–water partition coefficient (Wildman–Crippen LogP) is 3.22. The molecule has 6 atom stereocenters. The monoisotopic (exact) mass is 351 g/mol. The minimum atomic E-state index is -0.839. The second-order valence-corrected chi connectivity index (χ2v) is 8.40. The molecule has 0 radical (unpaired) electrons. The van der Waals surface area contributed by atoms with Crippen LogP contribution in [0.4, 0.5) is 0 Å². The molecule has 6 fully saturated rings. The Balaban J connectivity index is 1.52. The first-order chi connectivity index (χ1) is 12.4. The highest BCUT2D eigenvalue weighted by atomic mass is 16.7. The first kappa shape index (κ1) is 16.0. The molecule has 1 aromatic carbocycles. The Morgan fingerprint density at radius 2 is 2.12 bits per heavy atom. The summed E-state index contributed by atoms with van der Waals surface area (Å²) in [6.45, 7) is 8.50. The van der Waals surface area contributed by atoms with Crippen molar-refractivity contribution in [3.63, 3.8) is 0 Å². The van der Waals surface area contributed by atoms with Gasteiger partial charge in [0.1, 0.15) is 6.61 Å². The van der Waals surface area contributed by atoms with Crippen LogP contribution >= 0.6 is 0 Å². The molecule has 0 amide bonds. The Morgan fingerprint density at radius 1 is 1.38 bits per heavy atom. The van der Waals surface area contributed by atoms with Gasteiger partial charge in [0.15, 0.2) is 11.9 Å². The van der Waals surface area contributed by atoms with E-state index in [-0.39, 0.29) is 23.9 Å². The van der Waals surface area contributed by atoms with Crippen LogP contribution in [0, 0.1) is 28.1 Å². The maximum Gasteiger partial charge on any atom is 0.338 e. The number of ether oxygens (including phenoxy) is 3. The number of carbonyl (C=O) groups excluding carboxylic acids is 1. The third-order valence-electron chi connectivity index (χ3n) is 7.47. The van der Waals surface area contributed by atoms with Crippen LogP contribution in [-0.4, -0.2) is 30.1 Å². The van der Waals surface area contributed by atoms with Gasteiger partial charge in [0.25, 0.3) is 0 Å². The van der Waals surface area contributed by atoms with Crippen LogP contribution in [0.5, 0.6) is 0 Å². The number of nitriles is 1. The number of nitrogens with zero attached hydrogens (tertiary/aromatic N) is 1. The van der Waals surface area contributed by atoms with Crippen molar-refractivity contribution in [3.05, 3.63) is 48.0 Å². The molecule has 0 N–H and O–H groups in total. The molecule has 5 nitrogen and oxygen atoms in total. The van der Waals surface area contributed by atoms with Gasteiger partial charge in [-0.1, -0.05) is 30.4 Å². The van der Waals surface area contributed by atoms with Crippen molar-refractivity contribution in [1.29, 1.82) is 5.26 Å². The molecule has 7 rings (SSSR count). The van der Waals surface area contributed by atoms with Crippen molar-refractivity contribution in [2.75, 3.05) is 6.61 Å². The number of esters is 1. The molecule has 26 heavy (non-hydrogen) atoms. The van der Waals surface area contributed by atoms with Gasteiger partial charge in [-0.15, -0.1) is 0 Å². The van der Waals surface area contributed by atoms with E-state index in [1.807, 2.05) is 25.1 Å². The van der Waals surface area contributed by atoms with Crippen LogP contribution in [0.1, 0.15) is 37.0 Å². The highest BCUT2D eigenvalue weighted by Gasteiger charge is 2.93. The number of carbonyl (C=O) groups is 1. The summed E-state index contributed by atoms with van der Waals surface area (Å²) in [5.41, 5.74) is -0.650. The highest BCUT2D eigenvalue weighted by molar-refractivity contribution is 5.89. The summed E-state index contributed by atoms with van der Waals surface area (Å²) in [4.78, 5) is 12.5. The Hall–Kier alpha value is -2.16. The fourth-order valence-electron chi connectivity index (χ4n) is 6.50. The third-order valence-corrected chi connectivity index (χ3v) is 7.47. The molecule has 6 bridgehead atoms. The van der Waals surface area contributed by atoms with Gasteiger partial charge in [0, 0.05) is 17.8 Å². The van der Waals surface area contributed by atoms with Crippen molar-refractivity contribution in [2.45, 2.75) is 44.2 Å². The first-order valence-corrected chi connectivity index (χ1v) is 9.00. The van der Waals surface area contributed by atoms with Crippen molar-refractivity contribution in [1.82, 2.24) is 0 Å². The van der Waals surface area contributed by atoms with Gasteiger partial charge in [0.2, 0.25) is 0 Å². The Labute approximate surface area is 152 Å². The van der Waals surface area contributed by atoms with Gasteiger partial charge in [0.05, 0.1) is 22.6 Å². The second kappa shape index (κ2) is 4.57. The van der Waals surface area contributed by atoms with Gasteiger partial charge < -0.3 is 14.2 Å². The van der Waals surface area contributed by atoms with E-state index in [0.29, 0.717) is 12.0 Å². The Morgan fingerprint density at radius 3 is 2.77 bits per heavy atom. The van der Waals surface area contributed by atoms with Gasteiger partial charge in [-0.3, -0.25) is 0 Å². The molecule has 134 valence electrons. The standard InChI is InChI=1S/C21H21NO4/c1-13(2)21-9-15-19(11-22)10-18(21,3)25-17(26-19)20(15,21)12-24-16(23)14-7-5-4-6-8-14/h4-8,15,17H,1,9-10,12H2,2-3H3/t15-,17+,18-,19-,20-,21-/m0/s1. The van der Waals surface area contributed by atoms with E-state index >= 15 is 0 Å². The van der Waals surface area contributed by atoms with Gasteiger partial charge >= 0.3 is 5.97 Å². The number of benzene rings is 1. The fourth-order valence-corrected chi connectivity index (χ4v) is 6.50. The summed E-state index contributed by atoms with van der Waals surface area (Å²) in [6, 6.07) is 11.4. The first-order valence-electron chi connectivity index (χ1n) is 9.00. The highest BCUT2D eigenvalue weighted by Crippen LogP contribution is 2.86. The lowest BCUT2D eigenvalue weighted by Crippen LogP contribution is -2.74. The molecule has 1 aromatic rings. The van der Waals surface area contributed by atoms with Crippen LogP contribution in [0.3, 0.4) is 0 Å². The molecule has 3 heterocycles. The smallest absolute Gasteiger partial charge is 0.338 e. The number of hydrogen-bond donors (Lipinski definition) is 0. The third kappa shape index (κ3) is 1.42. The molecular weight excluding hydrogens is 330 g/mol. The van der Waals surface area contributed by atoms with E-state index < -0.39 is 22.9 Å². The summed E-state index contributed by atoms with van der Waals surface area (Å²) < 4.78 is 18.2. The van der Waals surface area contributed by atoms with E-state index in [1.165, 1.54) is 0 Å². The molecular formula is C21H21NO4. The molecule has 3 saturated carbocycles. The number of rotatable bonds is 4. The van der Waals surface area contributed by atoms with Crippen molar-refractivity contribution in [2.24, 2.45) is 16.7 Å². The zero-order chi connectivity index (χ0) is 18.4. The average molecular weight is 351 g/mol. The molecule has 5 heteroatoms. The lowest BCUT2D eigenvalue weighted by Gasteiger charge is -2.68. The maximum absolute atomic E-state index is 12.5. The zero-order valence-corrected chi connectivity index (χ0v) is 15.0. The van der Waals surface area contributed by atoms with E-state index in [0.717, 1.165) is 12.0 Å². The van der Waals surface area contributed by atoms with Crippen molar-refractivity contribution >= 4 is 5.97 Å². The van der Waals surface area contributed by atoms with E-state index in [9.17, 15) is 10.1 Å². The van der Waals surface area contributed by atoms with Crippen molar-refractivity contribution < 1.29 is 19.0 Å². The molecule has 3 saturated heterocycles. The van der Waals surface area contributed by atoms with E-state index in [1.54, 1.807) is 12.1 Å². The Kier molecular flexibility index (Phi) is 2.82. The van der Waals surface area contributed by atoms with Gasteiger partial charge in [-0.05, 0) is 32.4 Å². The maximum atomic E-state index is 12.5. The van der Waals surface area contributed by atoms with Gasteiger partial charge in [-0.25, -0.2) is 4.79 Å². The molecule has 6 aliphatic rings. The fraction of sp³-hybridized carbons (Fsp3) is 0.524. The van der Waals surface area contributed by atoms with E-state index in [2.05, 4.69) is 19.6 Å². The van der Waals surface area contributed by atoms with Crippen LogP contribution in [0.15, 0.2) is 42.5 Å². The predicted molar refractivity (Wildman–Crippen MR) is 91.8 cm³/mol. The van der Waals surface area contributed by atoms with Gasteiger partial charge in [-0.2, -0.15) is 5.26 Å². The normalized spacial score (nSPS) is 46.5. The summed E-state index contributed by atoms with van der Waals surface area (Å²) in [7, 11) is 0. The molecule has 0 unspecified atom stereocenters. The SMILES string of the molecule is C=C(C)[C@]12C[C@@H]3[C@@]1(COC(=O)c1ccccc1)[C@H]1O[C@]3(C#N)C[C@]2(C)O1. The number of hydrogen-bond acceptors (Lipinski definition) is 5. The largest absolute Gasteiger partial charge is 0.461 e. The summed E-state index contributed by atoms with van der Waals surface area (Å²) in [6.07, 6.45) is 0.810. The quantitative estimate of drug-likeness (QED) is 0.615. The average Bonchev–Trinajstić information content (AvgIpc) is 2.82. The van der Waals surface area contributed by atoms with Crippen molar-refractivity contribution in [3.8, 4) is 6.07 Å². The summed E-state index contributed by atoms with van der Waals surface area (Å²) >= 11 is 0. The lowest BCUT2D eigenvalue weighted by atomic mass is 9.32. The zero-order valence-electron chi connectivity index (χ0n) is 15.0. The van der Waals surface area contributed by atoms with Crippen LogP contribution < -0.4 is 0 Å². The van der Waals surface area contributed by atoms with Crippen LogP contribution in [0.25, 0.3) is 0 Å². The molecule has 0 spiro atoms. The topological polar surface area (TPSA) is 68.5 Å². The summed E-state index contributed by atoms with van der Waals surface area (Å²) in [5, 5.41) is 9.85. The minimum Gasteiger partial charge on any atom is -0.461 e. The second-order valence-electron chi connectivity index (χ2n) is 8.40. The van der Waals surface area contributed by atoms with Crippen LogP contribution in [0.2, 0.25) is 0 Å².